The summed E-state index contributed by atoms with van der Waals surface area (Å²) < 4.78 is 29.7. The van der Waals surface area contributed by atoms with Crippen molar-refractivity contribution in [3.8, 4) is 5.75 Å². The van der Waals surface area contributed by atoms with Crippen molar-refractivity contribution < 1.29 is 23.4 Å². The van der Waals surface area contributed by atoms with Gasteiger partial charge in [-0.25, -0.2) is 13.6 Å². The molecule has 7 heteroatoms. The number of hydrogen-bond acceptors (Lipinski definition) is 3. The van der Waals surface area contributed by atoms with Crippen LogP contribution in [0.4, 0.5) is 19.3 Å². The number of carbonyl (C=O) groups excluding carboxylic acids is 1. The molecule has 1 aliphatic carbocycles. The van der Waals surface area contributed by atoms with Gasteiger partial charge in [-0.1, -0.05) is 12.1 Å². The number of nitrogens with one attached hydrogen (secondary N) is 1. The maximum absolute atomic E-state index is 12.4. The fourth-order valence-electron chi connectivity index (χ4n) is 2.93. The van der Waals surface area contributed by atoms with Crippen LogP contribution < -0.4 is 10.1 Å². The molecule has 0 unspecified atom stereocenters. The molecule has 0 spiro atoms. The Bertz CT molecular complexity index is 534. The summed E-state index contributed by atoms with van der Waals surface area (Å²) in [5.74, 6) is 0.546. The van der Waals surface area contributed by atoms with Gasteiger partial charge >= 0.3 is 6.03 Å². The number of ether oxygens (including phenoxy) is 1. The molecule has 5 nitrogen and oxygen atoms in total. The van der Waals surface area contributed by atoms with Gasteiger partial charge in [0.2, 0.25) is 0 Å². The van der Waals surface area contributed by atoms with Crippen LogP contribution in [0.1, 0.15) is 25.7 Å². The topological polar surface area (TPSA) is 61.8 Å². The van der Waals surface area contributed by atoms with Crippen molar-refractivity contribution in [3.63, 3.8) is 0 Å². The van der Waals surface area contributed by atoms with Gasteiger partial charge in [0.15, 0.2) is 0 Å². The van der Waals surface area contributed by atoms with E-state index in [2.05, 4.69) is 5.32 Å². The first-order chi connectivity index (χ1) is 11.5. The maximum atomic E-state index is 12.4. The lowest BCUT2D eigenvalue weighted by Crippen LogP contribution is -2.42. The molecule has 0 heterocycles. The summed E-state index contributed by atoms with van der Waals surface area (Å²) in [5.41, 5.74) is 0.374. The van der Waals surface area contributed by atoms with Crippen LogP contribution in [-0.4, -0.2) is 48.8 Å². The van der Waals surface area contributed by atoms with E-state index in [4.69, 9.17) is 4.74 Å². The molecule has 0 radical (unpaired) electrons. The summed E-state index contributed by atoms with van der Waals surface area (Å²) >= 11 is 0. The van der Waals surface area contributed by atoms with Gasteiger partial charge in [-0.3, -0.25) is 0 Å². The van der Waals surface area contributed by atoms with Gasteiger partial charge < -0.3 is 20.1 Å². The minimum absolute atomic E-state index is 0.113. The highest BCUT2D eigenvalue weighted by Crippen LogP contribution is 2.28. The second-order valence-electron chi connectivity index (χ2n) is 6.10. The van der Waals surface area contributed by atoms with Crippen molar-refractivity contribution >= 4 is 11.7 Å². The van der Waals surface area contributed by atoms with E-state index in [0.717, 1.165) is 25.7 Å². The summed E-state index contributed by atoms with van der Waals surface area (Å²) in [6.45, 7) is -0.522. The van der Waals surface area contributed by atoms with Crippen LogP contribution in [0.3, 0.4) is 0 Å². The molecule has 2 N–H and O–H groups in total. The zero-order chi connectivity index (χ0) is 17.5. The van der Waals surface area contributed by atoms with Crippen LogP contribution in [0.2, 0.25) is 0 Å². The minimum atomic E-state index is -2.57. The number of aliphatic hydroxyl groups is 1. The van der Waals surface area contributed by atoms with E-state index < -0.39 is 13.0 Å². The van der Waals surface area contributed by atoms with Gasteiger partial charge in [0, 0.05) is 19.7 Å². The number of halogens is 2. The van der Waals surface area contributed by atoms with E-state index in [1.807, 2.05) is 0 Å². The van der Waals surface area contributed by atoms with E-state index in [-0.39, 0.29) is 24.4 Å². The summed E-state index contributed by atoms with van der Waals surface area (Å²) in [6.07, 6.45) is 0.912. The van der Waals surface area contributed by atoms with Gasteiger partial charge in [-0.05, 0) is 43.7 Å². The number of carbonyl (C=O) groups is 1. The predicted molar refractivity (Wildman–Crippen MR) is 87.6 cm³/mol. The van der Waals surface area contributed by atoms with Crippen LogP contribution >= 0.6 is 0 Å². The third-order valence-electron chi connectivity index (χ3n) is 4.44. The second kappa shape index (κ2) is 8.82. The van der Waals surface area contributed by atoms with E-state index in [9.17, 15) is 18.7 Å². The van der Waals surface area contributed by atoms with Crippen LogP contribution in [0.5, 0.6) is 5.75 Å². The van der Waals surface area contributed by atoms with Crippen molar-refractivity contribution in [3.05, 3.63) is 24.3 Å². The zero-order valence-electron chi connectivity index (χ0n) is 13.8. The highest BCUT2D eigenvalue weighted by atomic mass is 19.3. The molecular weight excluding hydrogens is 318 g/mol. The number of para-hydroxylation sites is 2. The van der Waals surface area contributed by atoms with Crippen LogP contribution in [0.15, 0.2) is 24.3 Å². The molecule has 0 atom stereocenters. The molecule has 2 amide bonds. The van der Waals surface area contributed by atoms with Crippen LogP contribution in [0, 0.1) is 5.92 Å². The van der Waals surface area contributed by atoms with Gasteiger partial charge in [-0.2, -0.15) is 0 Å². The smallest absolute Gasteiger partial charge is 0.321 e. The fraction of sp³-hybridized carbons (Fsp3) is 0.588. The molecule has 0 saturated heterocycles. The Morgan fingerprint density at radius 3 is 2.62 bits per heavy atom. The van der Waals surface area contributed by atoms with E-state index in [1.165, 1.54) is 0 Å². The number of hydrogen-bond donors (Lipinski definition) is 2. The lowest BCUT2D eigenvalue weighted by Gasteiger charge is -2.34. The molecule has 2 rings (SSSR count). The third kappa shape index (κ3) is 5.06. The number of benzene rings is 1. The molecule has 0 aromatic heterocycles. The average molecular weight is 342 g/mol. The van der Waals surface area contributed by atoms with Crippen molar-refractivity contribution in [2.45, 2.75) is 38.2 Å². The quantitative estimate of drug-likeness (QED) is 0.833. The molecule has 134 valence electrons. The fourth-order valence-corrected chi connectivity index (χ4v) is 2.93. The first-order valence-corrected chi connectivity index (χ1v) is 8.16. The van der Waals surface area contributed by atoms with Gasteiger partial charge in [0.05, 0.1) is 5.69 Å². The van der Waals surface area contributed by atoms with Crippen molar-refractivity contribution in [2.24, 2.45) is 5.92 Å². The zero-order valence-corrected chi connectivity index (χ0v) is 13.8. The number of rotatable bonds is 6. The van der Waals surface area contributed by atoms with E-state index >= 15 is 0 Å². The molecule has 1 aromatic rings. The predicted octanol–water partition coefficient (Wildman–Crippen LogP) is 3.35. The normalized spacial score (nSPS) is 20.7. The second-order valence-corrected chi connectivity index (χ2v) is 6.10. The minimum Gasteiger partial charge on any atom is -0.485 e. The summed E-state index contributed by atoms with van der Waals surface area (Å²) in [7, 11) is 1.72. The molecule has 1 aromatic carbocycles. The Kier molecular flexibility index (Phi) is 6.78. The number of nitrogens with zero attached hydrogens (tertiary/aromatic N) is 1. The third-order valence-corrected chi connectivity index (χ3v) is 4.44. The van der Waals surface area contributed by atoms with E-state index in [0.29, 0.717) is 11.6 Å². The number of alkyl halides is 2. The standard InChI is InChI=1S/C17H24F2N2O3/c1-21(13-8-6-12(10-22)7-9-13)17(23)20-14-4-2-3-5-15(14)24-11-16(18)19/h2-5,12-13,16,22H,6-11H2,1H3,(H,20,23). The average Bonchev–Trinajstić information content (AvgIpc) is 2.60. The summed E-state index contributed by atoms with van der Waals surface area (Å²) in [5, 5.41) is 11.9. The molecule has 1 saturated carbocycles. The van der Waals surface area contributed by atoms with Crippen molar-refractivity contribution in [2.75, 3.05) is 25.6 Å². The summed E-state index contributed by atoms with van der Waals surface area (Å²) in [6, 6.07) is 6.35. The molecule has 1 aliphatic rings. The lowest BCUT2D eigenvalue weighted by atomic mass is 9.86. The van der Waals surface area contributed by atoms with Crippen molar-refractivity contribution in [1.29, 1.82) is 0 Å². The summed E-state index contributed by atoms with van der Waals surface area (Å²) in [4.78, 5) is 14.1. The van der Waals surface area contributed by atoms with Gasteiger partial charge in [0.25, 0.3) is 6.43 Å². The highest BCUT2D eigenvalue weighted by molar-refractivity contribution is 5.91. The van der Waals surface area contributed by atoms with Crippen LogP contribution in [-0.2, 0) is 0 Å². The number of aliphatic hydroxyl groups excluding tert-OH is 1. The highest BCUT2D eigenvalue weighted by Gasteiger charge is 2.26. The van der Waals surface area contributed by atoms with Crippen molar-refractivity contribution in [1.82, 2.24) is 4.90 Å². The SMILES string of the molecule is CN(C(=O)Nc1ccccc1OCC(F)F)C1CCC(CO)CC1. The maximum Gasteiger partial charge on any atom is 0.321 e. The van der Waals surface area contributed by atoms with Gasteiger partial charge in [-0.15, -0.1) is 0 Å². The first kappa shape index (κ1) is 18.4. The molecule has 24 heavy (non-hydrogen) atoms. The Balaban J connectivity index is 1.94. The van der Waals surface area contributed by atoms with Crippen LogP contribution in [0.25, 0.3) is 0 Å². The number of amides is 2. The first-order valence-electron chi connectivity index (χ1n) is 8.16. The monoisotopic (exact) mass is 342 g/mol. The van der Waals surface area contributed by atoms with E-state index in [1.54, 1.807) is 36.2 Å². The molecule has 0 bridgehead atoms. The van der Waals surface area contributed by atoms with Gasteiger partial charge in [0.1, 0.15) is 12.4 Å². The Morgan fingerprint density at radius 2 is 2.00 bits per heavy atom. The Morgan fingerprint density at radius 1 is 1.33 bits per heavy atom. The molecule has 0 aliphatic heterocycles. The number of urea groups is 1. The Hall–Kier alpha value is -1.89. The molecule has 1 fully saturated rings. The lowest BCUT2D eigenvalue weighted by molar-refractivity contribution is 0.0822. The molecular formula is C17H24F2N2O3. The number of anilines is 1. The largest absolute Gasteiger partial charge is 0.485 e. The Labute approximate surface area is 140 Å².